The van der Waals surface area contributed by atoms with E-state index in [1.807, 2.05) is 60.7 Å². The molecule has 0 aliphatic carbocycles. The summed E-state index contributed by atoms with van der Waals surface area (Å²) in [6.07, 6.45) is 5.54. The van der Waals surface area contributed by atoms with E-state index < -0.39 is 0 Å². The number of amides is 1. The Bertz CT molecular complexity index is 906. The van der Waals surface area contributed by atoms with Gasteiger partial charge in [0.25, 0.3) is 5.91 Å². The summed E-state index contributed by atoms with van der Waals surface area (Å²) in [5.41, 5.74) is 1.76. The van der Waals surface area contributed by atoms with Gasteiger partial charge in [-0.05, 0) is 35.9 Å². The maximum absolute atomic E-state index is 12.6. The third-order valence-electron chi connectivity index (χ3n) is 3.74. The highest BCUT2D eigenvalue weighted by Crippen LogP contribution is 2.35. The molecule has 25 heavy (non-hydrogen) atoms. The molecule has 1 amide bonds. The standard InChI is InChI=1S/C19H13NO3S2/c21-18-17(25-19(24)20(18)14-6-2-1-3-7-14)8-4-5-13-9-10-15-16(11-13)23-12-22-15/h1-11H,12H2. The number of benzene rings is 2. The van der Waals surface area contributed by atoms with Crippen LogP contribution in [0.5, 0.6) is 11.5 Å². The first-order valence-electron chi connectivity index (χ1n) is 7.62. The summed E-state index contributed by atoms with van der Waals surface area (Å²) < 4.78 is 11.2. The quantitative estimate of drug-likeness (QED) is 0.595. The van der Waals surface area contributed by atoms with Gasteiger partial charge in [-0.1, -0.05) is 60.4 Å². The summed E-state index contributed by atoms with van der Waals surface area (Å²) in [5.74, 6) is 1.38. The molecule has 4 rings (SSSR count). The van der Waals surface area contributed by atoms with Crippen LogP contribution in [0.3, 0.4) is 0 Å². The van der Waals surface area contributed by atoms with Gasteiger partial charge in [-0.2, -0.15) is 0 Å². The van der Waals surface area contributed by atoms with E-state index in [1.54, 1.807) is 11.0 Å². The predicted molar refractivity (Wildman–Crippen MR) is 104 cm³/mol. The van der Waals surface area contributed by atoms with Crippen LogP contribution in [0.4, 0.5) is 5.69 Å². The molecule has 0 N–H and O–H groups in total. The average molecular weight is 367 g/mol. The largest absolute Gasteiger partial charge is 0.454 e. The number of allylic oxidation sites excluding steroid dienone is 2. The summed E-state index contributed by atoms with van der Waals surface area (Å²) in [6.45, 7) is 0.254. The Morgan fingerprint density at radius 3 is 2.72 bits per heavy atom. The first kappa shape index (κ1) is 15.9. The maximum atomic E-state index is 12.6. The van der Waals surface area contributed by atoms with Gasteiger partial charge >= 0.3 is 0 Å². The zero-order valence-electron chi connectivity index (χ0n) is 13.0. The molecule has 0 saturated carbocycles. The number of thiocarbonyl (C=S) groups is 1. The van der Waals surface area contributed by atoms with Gasteiger partial charge in [-0.3, -0.25) is 9.69 Å². The zero-order valence-corrected chi connectivity index (χ0v) is 14.7. The Hall–Kier alpha value is -2.57. The molecule has 2 aromatic carbocycles. The van der Waals surface area contributed by atoms with Gasteiger partial charge < -0.3 is 9.47 Å². The monoisotopic (exact) mass is 367 g/mol. The fourth-order valence-electron chi connectivity index (χ4n) is 2.54. The minimum Gasteiger partial charge on any atom is -0.454 e. The number of para-hydroxylation sites is 1. The van der Waals surface area contributed by atoms with Gasteiger partial charge in [0.1, 0.15) is 0 Å². The molecule has 2 heterocycles. The van der Waals surface area contributed by atoms with Gasteiger partial charge in [0, 0.05) is 0 Å². The number of fused-ring (bicyclic) bond motifs is 1. The van der Waals surface area contributed by atoms with Gasteiger partial charge in [0.05, 0.1) is 10.6 Å². The molecule has 0 atom stereocenters. The molecule has 4 nitrogen and oxygen atoms in total. The Morgan fingerprint density at radius 1 is 1.08 bits per heavy atom. The first-order valence-corrected chi connectivity index (χ1v) is 8.84. The minimum absolute atomic E-state index is 0.100. The first-order chi connectivity index (χ1) is 12.2. The van der Waals surface area contributed by atoms with Crippen LogP contribution in [0.1, 0.15) is 5.56 Å². The number of nitrogens with zero attached hydrogens (tertiary/aromatic N) is 1. The summed E-state index contributed by atoms with van der Waals surface area (Å²) >= 11 is 6.65. The van der Waals surface area contributed by atoms with E-state index in [0.717, 1.165) is 22.7 Å². The lowest BCUT2D eigenvalue weighted by Gasteiger charge is -2.13. The van der Waals surface area contributed by atoms with Crippen LogP contribution in [-0.4, -0.2) is 17.0 Å². The molecule has 1 fully saturated rings. The molecule has 2 aliphatic rings. The Balaban J connectivity index is 1.52. The van der Waals surface area contributed by atoms with E-state index >= 15 is 0 Å². The van der Waals surface area contributed by atoms with Crippen molar-refractivity contribution in [3.63, 3.8) is 0 Å². The van der Waals surface area contributed by atoms with Crippen LogP contribution in [0.25, 0.3) is 6.08 Å². The fraction of sp³-hybridized carbons (Fsp3) is 0.0526. The molecular weight excluding hydrogens is 354 g/mol. The Labute approximate surface area is 154 Å². The third kappa shape index (κ3) is 3.18. The zero-order chi connectivity index (χ0) is 17.2. The van der Waals surface area contributed by atoms with Crippen molar-refractivity contribution >= 4 is 46.0 Å². The van der Waals surface area contributed by atoms with Crippen LogP contribution in [0.2, 0.25) is 0 Å². The molecule has 0 aromatic heterocycles. The summed E-state index contributed by atoms with van der Waals surface area (Å²) in [5, 5.41) is 0. The third-order valence-corrected chi connectivity index (χ3v) is 5.06. The van der Waals surface area contributed by atoms with E-state index in [0.29, 0.717) is 9.23 Å². The number of hydrogen-bond acceptors (Lipinski definition) is 5. The highest BCUT2D eigenvalue weighted by Gasteiger charge is 2.32. The van der Waals surface area contributed by atoms with Gasteiger partial charge in [-0.25, -0.2) is 0 Å². The summed E-state index contributed by atoms with van der Waals surface area (Å²) in [4.78, 5) is 14.7. The smallest absolute Gasteiger partial charge is 0.270 e. The van der Waals surface area contributed by atoms with Crippen LogP contribution in [0, 0.1) is 0 Å². The topological polar surface area (TPSA) is 38.8 Å². The predicted octanol–water partition coefficient (Wildman–Crippen LogP) is 4.38. The van der Waals surface area contributed by atoms with Crippen LogP contribution < -0.4 is 14.4 Å². The number of thioether (sulfide) groups is 1. The minimum atomic E-state index is -0.100. The SMILES string of the molecule is O=C1C(=CC=Cc2ccc3c(c2)OCO3)SC(=S)N1c1ccccc1. The molecule has 0 unspecified atom stereocenters. The molecule has 0 bridgehead atoms. The van der Waals surface area contributed by atoms with Crippen molar-refractivity contribution in [2.75, 3.05) is 11.7 Å². The van der Waals surface area contributed by atoms with Crippen LogP contribution >= 0.6 is 24.0 Å². The molecule has 2 aromatic rings. The Morgan fingerprint density at radius 2 is 1.88 bits per heavy atom. The maximum Gasteiger partial charge on any atom is 0.270 e. The van der Waals surface area contributed by atoms with Crippen molar-refractivity contribution in [3.8, 4) is 11.5 Å². The van der Waals surface area contributed by atoms with E-state index in [-0.39, 0.29) is 12.7 Å². The number of hydrogen-bond donors (Lipinski definition) is 0. The fourth-order valence-corrected chi connectivity index (χ4v) is 3.80. The summed E-state index contributed by atoms with van der Waals surface area (Å²) in [6, 6.07) is 15.1. The van der Waals surface area contributed by atoms with Crippen molar-refractivity contribution in [3.05, 3.63) is 71.2 Å². The van der Waals surface area contributed by atoms with E-state index in [4.69, 9.17) is 21.7 Å². The van der Waals surface area contributed by atoms with E-state index in [9.17, 15) is 4.79 Å². The van der Waals surface area contributed by atoms with Crippen LogP contribution in [-0.2, 0) is 4.79 Å². The lowest BCUT2D eigenvalue weighted by molar-refractivity contribution is -0.113. The number of ether oxygens (including phenoxy) is 2. The molecule has 0 radical (unpaired) electrons. The molecule has 2 aliphatic heterocycles. The molecule has 1 saturated heterocycles. The van der Waals surface area contributed by atoms with Gasteiger partial charge in [-0.15, -0.1) is 0 Å². The van der Waals surface area contributed by atoms with Crippen molar-refractivity contribution in [1.29, 1.82) is 0 Å². The number of carbonyl (C=O) groups is 1. The van der Waals surface area contributed by atoms with Crippen molar-refractivity contribution < 1.29 is 14.3 Å². The lowest BCUT2D eigenvalue weighted by Crippen LogP contribution is -2.27. The normalized spacial score (nSPS) is 17.9. The van der Waals surface area contributed by atoms with Gasteiger partial charge in [0.15, 0.2) is 15.8 Å². The lowest BCUT2D eigenvalue weighted by atomic mass is 10.2. The summed E-state index contributed by atoms with van der Waals surface area (Å²) in [7, 11) is 0. The Kier molecular flexibility index (Phi) is 4.29. The second-order valence-corrected chi connectivity index (χ2v) is 7.02. The number of carbonyl (C=O) groups excluding carboxylic acids is 1. The van der Waals surface area contributed by atoms with Crippen molar-refractivity contribution in [1.82, 2.24) is 0 Å². The van der Waals surface area contributed by atoms with Crippen molar-refractivity contribution in [2.24, 2.45) is 0 Å². The van der Waals surface area contributed by atoms with Crippen molar-refractivity contribution in [2.45, 2.75) is 0 Å². The average Bonchev–Trinajstić information content (AvgIpc) is 3.20. The highest BCUT2D eigenvalue weighted by atomic mass is 32.2. The number of anilines is 1. The molecular formula is C19H13NO3S2. The molecule has 6 heteroatoms. The molecule has 124 valence electrons. The van der Waals surface area contributed by atoms with Crippen LogP contribution in [0.15, 0.2) is 65.6 Å². The number of rotatable bonds is 3. The second-order valence-electron chi connectivity index (χ2n) is 5.35. The second kappa shape index (κ2) is 6.74. The van der Waals surface area contributed by atoms with E-state index in [2.05, 4.69) is 0 Å². The van der Waals surface area contributed by atoms with Gasteiger partial charge in [0.2, 0.25) is 6.79 Å². The molecule has 0 spiro atoms. The van der Waals surface area contributed by atoms with E-state index in [1.165, 1.54) is 11.8 Å². The highest BCUT2D eigenvalue weighted by molar-refractivity contribution is 8.27.